The van der Waals surface area contributed by atoms with Crippen LogP contribution in [0.5, 0.6) is 0 Å². The van der Waals surface area contributed by atoms with Crippen molar-refractivity contribution in [3.8, 4) is 11.1 Å². The van der Waals surface area contributed by atoms with Crippen molar-refractivity contribution >= 4 is 77.3 Å². The molecule has 27 nitrogen and oxygen atoms in total. The van der Waals surface area contributed by atoms with Crippen LogP contribution in [0, 0.1) is 0 Å². The van der Waals surface area contributed by atoms with E-state index in [-0.39, 0.29) is 58.7 Å². The van der Waals surface area contributed by atoms with Crippen molar-refractivity contribution in [3.05, 3.63) is 59.7 Å². The maximum absolute atomic E-state index is 14.6. The van der Waals surface area contributed by atoms with E-state index in [1.165, 1.54) is 20.8 Å². The molecular formula is C51H60N8O19. The van der Waals surface area contributed by atoms with Gasteiger partial charge in [-0.25, -0.2) is 28.8 Å². The number of cyclic esters (lactones) is 4. The first-order valence-corrected chi connectivity index (χ1v) is 25.2. The summed E-state index contributed by atoms with van der Waals surface area (Å²) in [5, 5.41) is 18.8. The van der Waals surface area contributed by atoms with Crippen molar-refractivity contribution in [1.82, 2.24) is 42.5 Å². The van der Waals surface area contributed by atoms with Crippen LogP contribution in [0.4, 0.5) is 4.79 Å². The molecule has 2 aromatic rings. The molecule has 0 bridgehead atoms. The summed E-state index contributed by atoms with van der Waals surface area (Å²) in [5.41, 5.74) is 2.35. The van der Waals surface area contributed by atoms with E-state index in [9.17, 15) is 62.3 Å². The van der Waals surface area contributed by atoms with Crippen molar-refractivity contribution in [2.75, 3.05) is 33.0 Å². The summed E-state index contributed by atoms with van der Waals surface area (Å²) in [7, 11) is 0. The van der Waals surface area contributed by atoms with E-state index in [2.05, 4.69) is 42.5 Å². The minimum Gasteiger partial charge on any atom is -0.464 e. The summed E-state index contributed by atoms with van der Waals surface area (Å²) in [6.07, 6.45) is -4.62. The fourth-order valence-corrected chi connectivity index (χ4v) is 9.06. The summed E-state index contributed by atoms with van der Waals surface area (Å²) in [6.45, 7) is 4.16. The van der Waals surface area contributed by atoms with Crippen LogP contribution in [0.25, 0.3) is 11.1 Å². The number of alkyl carbamates (subject to hydrolysis) is 1. The Hall–Kier alpha value is -8.65. The molecule has 8 N–H and O–H groups in total. The molecule has 4 saturated heterocycles. The Labute approximate surface area is 445 Å². The van der Waals surface area contributed by atoms with Gasteiger partial charge in [0, 0.05) is 31.6 Å². The highest BCUT2D eigenvalue weighted by atomic mass is 16.6. The zero-order valence-corrected chi connectivity index (χ0v) is 42.8. The first-order valence-electron chi connectivity index (χ1n) is 25.2. The second kappa shape index (κ2) is 25.5. The Morgan fingerprint density at radius 3 is 1.14 bits per heavy atom. The summed E-state index contributed by atoms with van der Waals surface area (Å²) >= 11 is 0. The van der Waals surface area contributed by atoms with Crippen molar-refractivity contribution in [1.29, 1.82) is 0 Å². The van der Waals surface area contributed by atoms with E-state index in [4.69, 9.17) is 28.4 Å². The molecule has 1 aliphatic carbocycles. The molecule has 4 fully saturated rings. The molecule has 2 aromatic carbocycles. The molecule has 8 amide bonds. The molecule has 0 radical (unpaired) electrons. The predicted molar refractivity (Wildman–Crippen MR) is 262 cm³/mol. The Bertz CT molecular complexity index is 2680. The highest BCUT2D eigenvalue weighted by Crippen LogP contribution is 2.44. The molecule has 5 aliphatic rings. The summed E-state index contributed by atoms with van der Waals surface area (Å²) in [4.78, 5) is 174. The summed E-state index contributed by atoms with van der Waals surface area (Å²) in [5.74, 6) is -12.6. The Kier molecular flexibility index (Phi) is 18.6. The summed E-state index contributed by atoms with van der Waals surface area (Å²) < 4.78 is 30.7. The first-order chi connectivity index (χ1) is 37.1. The largest absolute Gasteiger partial charge is 0.464 e. The van der Waals surface area contributed by atoms with Crippen molar-refractivity contribution in [3.63, 3.8) is 0 Å². The molecule has 27 heteroatoms. The highest BCUT2D eigenvalue weighted by Gasteiger charge is 2.40. The quantitative estimate of drug-likeness (QED) is 0.0466. The smallest absolute Gasteiger partial charge is 0.407 e. The van der Waals surface area contributed by atoms with Gasteiger partial charge in [-0.05, 0) is 43.0 Å². The van der Waals surface area contributed by atoms with Crippen molar-refractivity contribution < 1.29 is 90.8 Å². The van der Waals surface area contributed by atoms with Crippen LogP contribution in [-0.2, 0) is 86.0 Å². The topological polar surface area (TPSA) is 374 Å². The maximum atomic E-state index is 14.6. The molecule has 0 spiro atoms. The fourth-order valence-electron chi connectivity index (χ4n) is 9.06. The number of nitrogens with one attached hydrogen (secondary N) is 8. The van der Waals surface area contributed by atoms with Gasteiger partial charge in [0.05, 0.1) is 52.1 Å². The minimum absolute atomic E-state index is 0.00760. The predicted octanol–water partition coefficient (Wildman–Crippen LogP) is -2.02. The van der Waals surface area contributed by atoms with Gasteiger partial charge in [-0.15, -0.1) is 0 Å². The Balaban J connectivity index is 1.14. The summed E-state index contributed by atoms with van der Waals surface area (Å²) in [6, 6.07) is 2.56. The lowest BCUT2D eigenvalue weighted by Crippen LogP contribution is -2.60. The second-order valence-corrected chi connectivity index (χ2v) is 19.9. The standard InChI is InChI=1S/C51H60N8O19/c1-51(2,3)78-49(71)37(23-41(63)55-33-15-19-76-48(33)70)58-43(65)35(21-39(61)53-31-13-17-74-46(31)68)56-42(64)34(20-38(60)52-30-12-16-73-45(30)67)57-44(66)36(22-40(62)54-32-14-18-75-47(32)69)59-50(72)77-24-29-27-10-6-4-8-25(27)26-9-5-7-11-28(26)29/h4-11,29-37H,12-24H2,1-3H3,(H,52,60)(H,53,61)(H,54,62)(H,55,63)(H,56,64)(H,57,66)(H,58,65)(H,59,72)/t30-,31-,32-,33-,34-,35-,36-,37-/m0/s1. The normalized spacial score (nSPS) is 20.8. The number of ether oxygens (including phenoxy) is 6. The fraction of sp³-hybridized carbons (Fsp3) is 0.510. The first kappa shape index (κ1) is 57.1. The van der Waals surface area contributed by atoms with E-state index in [1.807, 2.05) is 48.5 Å². The average molecular weight is 1090 g/mol. The zero-order chi connectivity index (χ0) is 56.3. The number of carbonyl (C=O) groups is 13. The molecule has 418 valence electrons. The van der Waals surface area contributed by atoms with Gasteiger partial charge in [-0.2, -0.15) is 0 Å². The lowest BCUT2D eigenvalue weighted by molar-refractivity contribution is -0.160. The number of esters is 5. The number of benzene rings is 2. The number of amides is 8. The van der Waals surface area contributed by atoms with Gasteiger partial charge in [-0.3, -0.25) is 33.6 Å². The van der Waals surface area contributed by atoms with Gasteiger partial charge in [0.15, 0.2) is 0 Å². The van der Waals surface area contributed by atoms with E-state index < -0.39 is 163 Å². The Morgan fingerprint density at radius 1 is 0.487 bits per heavy atom. The molecule has 4 aliphatic heterocycles. The van der Waals surface area contributed by atoms with Crippen LogP contribution in [0.2, 0.25) is 0 Å². The third-order valence-electron chi connectivity index (χ3n) is 12.9. The van der Waals surface area contributed by atoms with Crippen molar-refractivity contribution in [2.45, 2.75) is 132 Å². The van der Waals surface area contributed by atoms with Gasteiger partial charge in [0.2, 0.25) is 41.4 Å². The number of carbonyl (C=O) groups excluding carboxylic acids is 13. The van der Waals surface area contributed by atoms with Crippen LogP contribution in [0.15, 0.2) is 48.5 Å². The monoisotopic (exact) mass is 1090 g/mol. The van der Waals surface area contributed by atoms with E-state index in [0.717, 1.165) is 22.3 Å². The molecule has 8 atom stereocenters. The van der Waals surface area contributed by atoms with Gasteiger partial charge in [-0.1, -0.05) is 48.5 Å². The van der Waals surface area contributed by atoms with E-state index in [0.29, 0.717) is 0 Å². The molecule has 7 rings (SSSR count). The van der Waals surface area contributed by atoms with Crippen molar-refractivity contribution in [2.24, 2.45) is 0 Å². The average Bonchev–Trinajstić information content (AvgIpc) is 4.24. The number of hydrogen-bond donors (Lipinski definition) is 8. The molecule has 0 aromatic heterocycles. The van der Waals surface area contributed by atoms with Gasteiger partial charge in [0.1, 0.15) is 60.5 Å². The maximum Gasteiger partial charge on any atom is 0.407 e. The van der Waals surface area contributed by atoms with Crippen LogP contribution in [0.1, 0.15) is 89.2 Å². The lowest BCUT2D eigenvalue weighted by Gasteiger charge is -2.27. The van der Waals surface area contributed by atoms with Gasteiger partial charge < -0.3 is 71.0 Å². The minimum atomic E-state index is -2.07. The third-order valence-corrected chi connectivity index (χ3v) is 12.9. The van der Waals surface area contributed by atoms with E-state index >= 15 is 0 Å². The van der Waals surface area contributed by atoms with Crippen LogP contribution in [0.3, 0.4) is 0 Å². The van der Waals surface area contributed by atoms with E-state index in [1.54, 1.807) is 0 Å². The van der Waals surface area contributed by atoms with Crippen LogP contribution >= 0.6 is 0 Å². The molecule has 78 heavy (non-hydrogen) atoms. The molecule has 0 unspecified atom stereocenters. The van der Waals surface area contributed by atoms with Crippen LogP contribution in [-0.4, -0.2) is 164 Å². The highest BCUT2D eigenvalue weighted by molar-refractivity contribution is 6.01. The lowest BCUT2D eigenvalue weighted by atomic mass is 9.98. The number of rotatable bonds is 22. The SMILES string of the molecule is CC(C)(C)OC(=O)[C@H](CC(=O)N[C@H]1CCOC1=O)NC(=O)[C@H](CC(=O)N[C@H]1CCOC1=O)NC(=O)[C@H](CC(=O)N[C@H]1CCOC1=O)NC(=O)[C@H](CC(=O)N[C@H]1CCOC1=O)NC(=O)OCC1c2ccccc2-c2ccccc21. The molecule has 4 heterocycles. The molecule has 0 saturated carbocycles. The number of hydrogen-bond acceptors (Lipinski definition) is 19. The van der Waals surface area contributed by atoms with Gasteiger partial charge in [0.25, 0.3) is 0 Å². The van der Waals surface area contributed by atoms with Crippen LogP contribution < -0.4 is 42.5 Å². The van der Waals surface area contributed by atoms with Gasteiger partial charge >= 0.3 is 35.9 Å². The Morgan fingerprint density at radius 2 is 0.808 bits per heavy atom. The third kappa shape index (κ3) is 15.3. The molecular weight excluding hydrogens is 1030 g/mol. The second-order valence-electron chi connectivity index (χ2n) is 19.9. The number of fused-ring (bicyclic) bond motifs is 3. The zero-order valence-electron chi connectivity index (χ0n) is 42.8.